The Hall–Kier alpha value is -0.400. The quantitative estimate of drug-likeness (QED) is 0.253. The molecule has 1 unspecified atom stereocenters. The predicted octanol–water partition coefficient (Wildman–Crippen LogP) is -4.02. The maximum Gasteiger partial charge on any atom is 0.313 e. The molecule has 22 heavy (non-hydrogen) atoms. The molecule has 10 nitrogen and oxygen atoms in total. The summed E-state index contributed by atoms with van der Waals surface area (Å²) in [6.07, 6.45) is -11.9. The lowest BCUT2D eigenvalue weighted by molar-refractivity contribution is -0.442. The molecule has 2 saturated heterocycles. The molecule has 7 N–H and O–H groups in total. The molecule has 2 aliphatic heterocycles. The van der Waals surface area contributed by atoms with Gasteiger partial charge in [-0.3, -0.25) is 4.74 Å². The molecule has 0 amide bonds. The predicted molar refractivity (Wildman–Crippen MR) is 67.0 cm³/mol. The Morgan fingerprint density at radius 1 is 0.955 bits per heavy atom. The SMILES string of the molecule is CC[C@H]1O[C@@](O)(OC2O[C@H](CO)[C@@H](O)[C@H](O)[C@H]2O)[C@@H](O)[C@@H]1O. The van der Waals surface area contributed by atoms with Crippen LogP contribution in [0, 0.1) is 0 Å². The van der Waals surface area contributed by atoms with E-state index in [4.69, 9.17) is 19.3 Å². The van der Waals surface area contributed by atoms with Crippen molar-refractivity contribution in [3.05, 3.63) is 0 Å². The Bertz CT molecular complexity index is 379. The summed E-state index contributed by atoms with van der Waals surface area (Å²) in [5.41, 5.74) is 0. The van der Waals surface area contributed by atoms with Crippen molar-refractivity contribution in [2.24, 2.45) is 0 Å². The molecule has 0 aliphatic carbocycles. The molecule has 0 bridgehead atoms. The smallest absolute Gasteiger partial charge is 0.313 e. The van der Waals surface area contributed by atoms with Crippen molar-refractivity contribution in [2.45, 2.75) is 68.3 Å². The first kappa shape index (κ1) is 17.9. The third-order valence-corrected chi connectivity index (χ3v) is 3.93. The van der Waals surface area contributed by atoms with Crippen LogP contribution in [0.25, 0.3) is 0 Å². The number of hydrogen-bond acceptors (Lipinski definition) is 10. The molecule has 0 spiro atoms. The van der Waals surface area contributed by atoms with Gasteiger partial charge in [-0.1, -0.05) is 6.92 Å². The molecule has 130 valence electrons. The van der Waals surface area contributed by atoms with E-state index in [1.807, 2.05) is 0 Å². The average Bonchev–Trinajstić information content (AvgIpc) is 2.72. The zero-order valence-electron chi connectivity index (χ0n) is 11.9. The van der Waals surface area contributed by atoms with Gasteiger partial charge in [-0.05, 0) is 6.42 Å². The van der Waals surface area contributed by atoms with Crippen molar-refractivity contribution in [3.8, 4) is 0 Å². The monoisotopic (exact) mass is 326 g/mol. The van der Waals surface area contributed by atoms with Crippen LogP contribution in [0.5, 0.6) is 0 Å². The highest BCUT2D eigenvalue weighted by atomic mass is 16.9. The summed E-state index contributed by atoms with van der Waals surface area (Å²) in [5.74, 6) is -2.66. The van der Waals surface area contributed by atoms with Crippen LogP contribution in [-0.2, 0) is 14.2 Å². The van der Waals surface area contributed by atoms with Crippen molar-refractivity contribution in [1.29, 1.82) is 0 Å². The fraction of sp³-hybridized carbons (Fsp3) is 1.00. The minimum absolute atomic E-state index is 0.276. The highest BCUT2D eigenvalue weighted by Crippen LogP contribution is 2.35. The van der Waals surface area contributed by atoms with Crippen LogP contribution in [0.15, 0.2) is 0 Å². The molecule has 0 aromatic carbocycles. The third kappa shape index (κ3) is 2.99. The van der Waals surface area contributed by atoms with E-state index in [0.717, 1.165) is 0 Å². The van der Waals surface area contributed by atoms with Gasteiger partial charge in [0.25, 0.3) is 0 Å². The van der Waals surface area contributed by atoms with Gasteiger partial charge in [0.2, 0.25) is 0 Å². The van der Waals surface area contributed by atoms with Gasteiger partial charge < -0.3 is 45.2 Å². The zero-order valence-corrected chi connectivity index (χ0v) is 11.9. The largest absolute Gasteiger partial charge is 0.394 e. The van der Waals surface area contributed by atoms with Crippen molar-refractivity contribution in [3.63, 3.8) is 0 Å². The van der Waals surface area contributed by atoms with Crippen LogP contribution < -0.4 is 0 Å². The van der Waals surface area contributed by atoms with E-state index in [2.05, 4.69) is 0 Å². The summed E-state index contributed by atoms with van der Waals surface area (Å²) < 4.78 is 15.1. The molecule has 2 heterocycles. The van der Waals surface area contributed by atoms with E-state index in [9.17, 15) is 30.6 Å². The molecule has 2 aliphatic rings. The lowest BCUT2D eigenvalue weighted by Crippen LogP contribution is -2.62. The minimum atomic E-state index is -2.66. The lowest BCUT2D eigenvalue weighted by atomic mass is 9.99. The Labute approximate surface area is 126 Å². The maximum absolute atomic E-state index is 10.2. The number of ether oxygens (including phenoxy) is 3. The molecule has 0 aromatic heterocycles. The van der Waals surface area contributed by atoms with Crippen LogP contribution in [0.1, 0.15) is 13.3 Å². The molecule has 0 saturated carbocycles. The molecule has 9 atom stereocenters. The number of aliphatic hydroxyl groups is 7. The fourth-order valence-corrected chi connectivity index (χ4v) is 2.53. The average molecular weight is 326 g/mol. The van der Waals surface area contributed by atoms with Crippen molar-refractivity contribution in [2.75, 3.05) is 6.61 Å². The summed E-state index contributed by atoms with van der Waals surface area (Å²) in [5, 5.41) is 67.9. The van der Waals surface area contributed by atoms with E-state index in [-0.39, 0.29) is 6.42 Å². The second kappa shape index (κ2) is 6.61. The molecular weight excluding hydrogens is 304 g/mol. The first-order valence-corrected chi connectivity index (χ1v) is 6.99. The van der Waals surface area contributed by atoms with Crippen LogP contribution in [-0.4, -0.2) is 97.3 Å². The van der Waals surface area contributed by atoms with Gasteiger partial charge in [0.05, 0.1) is 12.7 Å². The van der Waals surface area contributed by atoms with E-state index in [1.54, 1.807) is 6.92 Å². The summed E-state index contributed by atoms with van der Waals surface area (Å²) in [4.78, 5) is 0. The van der Waals surface area contributed by atoms with Gasteiger partial charge in [0, 0.05) is 0 Å². The molecule has 10 heteroatoms. The second-order valence-electron chi connectivity index (χ2n) is 5.45. The Balaban J connectivity index is 2.12. The Morgan fingerprint density at radius 3 is 2.09 bits per heavy atom. The standard InChI is InChI=1S/C12H22O10/c1-2-4-7(15)10(18)12(19,21-4)22-11-9(17)8(16)6(14)5(3-13)20-11/h4-11,13-19H,2-3H2,1H3/t4-,5-,6-,7-,8+,9-,10+,11?,12-/m1/s1. The van der Waals surface area contributed by atoms with Gasteiger partial charge in [0.15, 0.2) is 12.4 Å². The highest BCUT2D eigenvalue weighted by Gasteiger charge is 2.57. The summed E-state index contributed by atoms with van der Waals surface area (Å²) in [6.45, 7) is 0.979. The Morgan fingerprint density at radius 2 is 1.59 bits per heavy atom. The van der Waals surface area contributed by atoms with Crippen molar-refractivity contribution in [1.82, 2.24) is 0 Å². The van der Waals surface area contributed by atoms with Crippen LogP contribution in [0.4, 0.5) is 0 Å². The van der Waals surface area contributed by atoms with Gasteiger partial charge in [-0.25, -0.2) is 0 Å². The van der Waals surface area contributed by atoms with Gasteiger partial charge >= 0.3 is 5.97 Å². The highest BCUT2D eigenvalue weighted by molar-refractivity contribution is 4.93. The Kier molecular flexibility index (Phi) is 5.39. The summed E-state index contributed by atoms with van der Waals surface area (Å²) in [7, 11) is 0. The van der Waals surface area contributed by atoms with Crippen LogP contribution in [0.3, 0.4) is 0 Å². The zero-order chi connectivity index (χ0) is 16.7. The molecular formula is C12H22O10. The normalized spacial score (nSPS) is 52.9. The van der Waals surface area contributed by atoms with Crippen LogP contribution in [0.2, 0.25) is 0 Å². The van der Waals surface area contributed by atoms with Crippen molar-refractivity contribution < 1.29 is 50.0 Å². The minimum Gasteiger partial charge on any atom is -0.394 e. The molecule has 0 aromatic rings. The fourth-order valence-electron chi connectivity index (χ4n) is 2.53. The van der Waals surface area contributed by atoms with Gasteiger partial charge in [-0.15, -0.1) is 0 Å². The van der Waals surface area contributed by atoms with Crippen LogP contribution >= 0.6 is 0 Å². The summed E-state index contributed by atoms with van der Waals surface area (Å²) >= 11 is 0. The van der Waals surface area contributed by atoms with E-state index in [0.29, 0.717) is 0 Å². The summed E-state index contributed by atoms with van der Waals surface area (Å²) in [6, 6.07) is 0. The van der Waals surface area contributed by atoms with Gasteiger partial charge in [-0.2, -0.15) is 0 Å². The first-order chi connectivity index (χ1) is 10.2. The van der Waals surface area contributed by atoms with E-state index in [1.165, 1.54) is 0 Å². The third-order valence-electron chi connectivity index (χ3n) is 3.93. The second-order valence-corrected chi connectivity index (χ2v) is 5.45. The van der Waals surface area contributed by atoms with Crippen molar-refractivity contribution >= 4 is 0 Å². The number of hydrogen-bond donors (Lipinski definition) is 7. The number of rotatable bonds is 4. The van der Waals surface area contributed by atoms with E-state index >= 15 is 0 Å². The maximum atomic E-state index is 10.2. The molecule has 2 fully saturated rings. The molecule has 0 radical (unpaired) electrons. The van der Waals surface area contributed by atoms with Gasteiger partial charge in [0.1, 0.15) is 30.5 Å². The number of aliphatic hydroxyl groups excluding tert-OH is 6. The first-order valence-electron chi connectivity index (χ1n) is 6.99. The topological polar surface area (TPSA) is 169 Å². The van der Waals surface area contributed by atoms with E-state index < -0.39 is 61.6 Å². The lowest BCUT2D eigenvalue weighted by Gasteiger charge is -2.42. The molecule has 2 rings (SSSR count).